The molecule has 2 aromatic heterocycles. The van der Waals surface area contributed by atoms with Gasteiger partial charge in [-0.3, -0.25) is 24.6 Å². The zero-order valence-corrected chi connectivity index (χ0v) is 27.8. The Morgan fingerprint density at radius 2 is 1.74 bits per heavy atom. The van der Waals surface area contributed by atoms with Gasteiger partial charge < -0.3 is 5.32 Å². The molecule has 1 unspecified atom stereocenters. The molecule has 0 spiro atoms. The molecule has 14 heteroatoms. The summed E-state index contributed by atoms with van der Waals surface area (Å²) >= 11 is 5.89. The van der Waals surface area contributed by atoms with Crippen LogP contribution in [-0.2, 0) is 29.4 Å². The highest BCUT2D eigenvalue weighted by molar-refractivity contribution is 7.82. The largest absolute Gasteiger partial charge is 0.351 e. The molecule has 5 heterocycles. The first-order chi connectivity index (χ1) is 22.8. The minimum absolute atomic E-state index is 0.234. The van der Waals surface area contributed by atoms with E-state index in [1.807, 2.05) is 23.9 Å². The molecular formula is C33H38ClN9O3S. The average molecular weight is 676 g/mol. The number of halogens is 1. The van der Waals surface area contributed by atoms with E-state index in [0.29, 0.717) is 29.3 Å². The fraction of sp³-hybridized carbons (Fsp3) is 0.424. The summed E-state index contributed by atoms with van der Waals surface area (Å²) in [5, 5.41) is 11.8. The zero-order chi connectivity index (χ0) is 32.5. The van der Waals surface area contributed by atoms with Gasteiger partial charge in [-0.1, -0.05) is 29.8 Å². The molecule has 2 aromatic carbocycles. The van der Waals surface area contributed by atoms with E-state index in [4.69, 9.17) is 11.6 Å². The van der Waals surface area contributed by atoms with Gasteiger partial charge in [0.05, 0.1) is 27.8 Å². The number of benzene rings is 2. The second kappa shape index (κ2) is 13.7. The number of carbonyl (C=O) groups is 2. The van der Waals surface area contributed by atoms with E-state index in [9.17, 15) is 13.8 Å². The van der Waals surface area contributed by atoms with E-state index in [2.05, 4.69) is 65.2 Å². The normalized spacial score (nSPS) is 19.7. The molecule has 7 rings (SSSR count). The Bertz CT molecular complexity index is 1800. The van der Waals surface area contributed by atoms with E-state index in [0.717, 1.165) is 74.2 Å². The standard InChI is InChI=1S/C33H38ClN9O3S/c1-40-29-18-24(5-6-28(29)31(39-40)43-16-11-30(44)38-33(43)45)23-7-12-41(13-8-23)21-22-3-2-4-27(17-22)47(46)42-14-9-26(10-15-42)37-32-35-19-25(34)20-36-32/h2-6,17-20,23,26H,7-16,21H2,1H3,(H,35,36,37)(H,38,44,45). The fourth-order valence-corrected chi connectivity index (χ4v) is 8.18. The Labute approximate surface area is 281 Å². The number of piperidine rings is 2. The Hall–Kier alpha value is -3.91. The maximum absolute atomic E-state index is 13.5. The summed E-state index contributed by atoms with van der Waals surface area (Å²) in [6.07, 6.45) is 7.24. The number of urea groups is 1. The molecule has 1 atom stereocenters. The van der Waals surface area contributed by atoms with Crippen LogP contribution in [0.15, 0.2) is 59.8 Å². The summed E-state index contributed by atoms with van der Waals surface area (Å²) in [4.78, 5) is 37.4. The van der Waals surface area contributed by atoms with Gasteiger partial charge >= 0.3 is 6.03 Å². The zero-order valence-electron chi connectivity index (χ0n) is 26.3. The van der Waals surface area contributed by atoms with Crippen LogP contribution in [0.1, 0.15) is 49.1 Å². The number of imide groups is 1. The van der Waals surface area contributed by atoms with Crippen molar-refractivity contribution in [1.29, 1.82) is 0 Å². The maximum Gasteiger partial charge on any atom is 0.329 e. The number of rotatable bonds is 8. The van der Waals surface area contributed by atoms with Crippen molar-refractivity contribution in [2.24, 2.45) is 7.05 Å². The Kier molecular flexibility index (Phi) is 9.22. The Morgan fingerprint density at radius 3 is 2.49 bits per heavy atom. The van der Waals surface area contributed by atoms with Crippen molar-refractivity contribution in [3.63, 3.8) is 0 Å². The minimum Gasteiger partial charge on any atom is -0.351 e. The monoisotopic (exact) mass is 675 g/mol. The summed E-state index contributed by atoms with van der Waals surface area (Å²) < 4.78 is 17.4. The lowest BCUT2D eigenvalue weighted by molar-refractivity contribution is -0.120. The topological polar surface area (TPSA) is 129 Å². The minimum atomic E-state index is -1.21. The van der Waals surface area contributed by atoms with Gasteiger partial charge in [-0.15, -0.1) is 0 Å². The molecule has 3 amide bonds. The van der Waals surface area contributed by atoms with Gasteiger partial charge in [-0.05, 0) is 80.1 Å². The lowest BCUT2D eigenvalue weighted by atomic mass is 9.89. The predicted molar refractivity (Wildman–Crippen MR) is 182 cm³/mol. The van der Waals surface area contributed by atoms with Crippen molar-refractivity contribution < 1.29 is 13.8 Å². The smallest absolute Gasteiger partial charge is 0.329 e. The van der Waals surface area contributed by atoms with Gasteiger partial charge in [0.2, 0.25) is 11.9 Å². The first kappa shape index (κ1) is 31.7. The molecule has 0 aliphatic carbocycles. The number of nitrogens with zero attached hydrogens (tertiary/aromatic N) is 7. The van der Waals surface area contributed by atoms with Crippen molar-refractivity contribution in [2.45, 2.75) is 55.5 Å². The van der Waals surface area contributed by atoms with Crippen molar-refractivity contribution in [3.05, 3.63) is 71.0 Å². The quantitative estimate of drug-likeness (QED) is 0.281. The van der Waals surface area contributed by atoms with Crippen LogP contribution in [0, 0.1) is 0 Å². The molecule has 3 fully saturated rings. The number of aromatic nitrogens is 4. The molecule has 12 nitrogen and oxygen atoms in total. The molecule has 0 bridgehead atoms. The van der Waals surface area contributed by atoms with E-state index in [-0.39, 0.29) is 18.4 Å². The third kappa shape index (κ3) is 7.03. The summed E-state index contributed by atoms with van der Waals surface area (Å²) in [5.41, 5.74) is 3.44. The van der Waals surface area contributed by atoms with Gasteiger partial charge in [0.15, 0.2) is 5.82 Å². The second-order valence-electron chi connectivity index (χ2n) is 12.5. The van der Waals surface area contributed by atoms with E-state index in [1.54, 1.807) is 17.3 Å². The lowest BCUT2D eigenvalue weighted by Crippen LogP contribution is -2.49. The van der Waals surface area contributed by atoms with Crippen LogP contribution in [-0.4, -0.2) is 83.9 Å². The molecule has 4 aromatic rings. The lowest BCUT2D eigenvalue weighted by Gasteiger charge is -2.33. The highest BCUT2D eigenvalue weighted by Gasteiger charge is 2.29. The van der Waals surface area contributed by atoms with Gasteiger partial charge in [0.1, 0.15) is 11.0 Å². The first-order valence-electron chi connectivity index (χ1n) is 16.1. The molecule has 0 saturated carbocycles. The summed E-state index contributed by atoms with van der Waals surface area (Å²) in [6.45, 7) is 4.58. The number of carbonyl (C=O) groups excluding carboxylic acids is 2. The Morgan fingerprint density at radius 1 is 0.979 bits per heavy atom. The predicted octanol–water partition coefficient (Wildman–Crippen LogP) is 4.44. The van der Waals surface area contributed by atoms with Crippen LogP contribution >= 0.6 is 11.6 Å². The summed E-state index contributed by atoms with van der Waals surface area (Å²) in [6, 6.07) is 14.4. The number of hydrogen-bond acceptors (Lipinski definition) is 8. The molecule has 3 aliphatic rings. The van der Waals surface area contributed by atoms with Gasteiger partial charge in [-0.25, -0.2) is 23.3 Å². The van der Waals surface area contributed by atoms with Crippen LogP contribution < -0.4 is 15.5 Å². The molecule has 3 saturated heterocycles. The van der Waals surface area contributed by atoms with Gasteiger partial charge in [0, 0.05) is 51.1 Å². The van der Waals surface area contributed by atoms with Gasteiger partial charge in [0.25, 0.3) is 0 Å². The third-order valence-electron chi connectivity index (χ3n) is 9.37. The van der Waals surface area contributed by atoms with Crippen LogP contribution in [0.25, 0.3) is 10.9 Å². The van der Waals surface area contributed by atoms with Gasteiger partial charge in [-0.2, -0.15) is 5.10 Å². The SMILES string of the molecule is Cn1nc(N2CCC(=O)NC2=O)c2ccc(C3CCN(Cc4cccc(S(=O)N5CCC(Nc6ncc(Cl)cn6)CC5)c4)CC3)cc21. The number of amides is 3. The number of likely N-dealkylation sites (tertiary alicyclic amines) is 1. The fourth-order valence-electron chi connectivity index (χ4n) is 6.79. The van der Waals surface area contributed by atoms with Crippen molar-refractivity contribution in [1.82, 2.24) is 34.3 Å². The summed E-state index contributed by atoms with van der Waals surface area (Å²) in [7, 11) is 0.685. The first-order valence-corrected chi connectivity index (χ1v) is 17.6. The average Bonchev–Trinajstić information content (AvgIpc) is 3.41. The van der Waals surface area contributed by atoms with E-state index >= 15 is 0 Å². The van der Waals surface area contributed by atoms with Crippen LogP contribution in [0.2, 0.25) is 5.02 Å². The second-order valence-corrected chi connectivity index (χ2v) is 14.4. The summed E-state index contributed by atoms with van der Waals surface area (Å²) in [5.74, 6) is 1.34. The number of hydrogen-bond donors (Lipinski definition) is 2. The third-order valence-corrected chi connectivity index (χ3v) is 11.1. The highest BCUT2D eigenvalue weighted by Crippen LogP contribution is 2.34. The Balaban J connectivity index is 0.926. The van der Waals surface area contributed by atoms with Crippen molar-refractivity contribution >= 4 is 57.2 Å². The highest BCUT2D eigenvalue weighted by atomic mass is 35.5. The van der Waals surface area contributed by atoms with Crippen LogP contribution in [0.4, 0.5) is 16.6 Å². The molecule has 47 heavy (non-hydrogen) atoms. The number of anilines is 2. The van der Waals surface area contributed by atoms with E-state index in [1.165, 1.54) is 11.1 Å². The molecule has 246 valence electrons. The molecule has 0 radical (unpaired) electrons. The van der Waals surface area contributed by atoms with Crippen LogP contribution in [0.3, 0.4) is 0 Å². The number of nitrogens with one attached hydrogen (secondary N) is 2. The molecule has 3 aliphatic heterocycles. The maximum atomic E-state index is 13.5. The number of fused-ring (bicyclic) bond motifs is 1. The van der Waals surface area contributed by atoms with E-state index < -0.39 is 17.0 Å². The van der Waals surface area contributed by atoms with Crippen LogP contribution in [0.5, 0.6) is 0 Å². The number of aryl methyl sites for hydroxylation is 1. The molecule has 2 N–H and O–H groups in total. The molecular weight excluding hydrogens is 638 g/mol. The van der Waals surface area contributed by atoms with Crippen molar-refractivity contribution in [2.75, 3.05) is 42.9 Å². The van der Waals surface area contributed by atoms with Crippen molar-refractivity contribution in [3.8, 4) is 0 Å².